The molecule has 1 aromatic rings. The number of hydrogen-bond acceptors (Lipinski definition) is 5. The van der Waals surface area contributed by atoms with E-state index in [1.54, 1.807) is 30.3 Å². The molecule has 1 rings (SSSR count). The molecule has 1 N–H and O–H groups in total. The quantitative estimate of drug-likeness (QED) is 0.375. The first-order chi connectivity index (χ1) is 10.1. The molecule has 22 heavy (non-hydrogen) atoms. The number of benzene rings is 1. The standard InChI is InChI=1S/C13H14F3NO4S/c1-3-11(18)12(10-7-5-4-6-8-10)9(2)17-21-22(19,20)13(14,15)16/h3-8,11-12,18H,1H2,2H3. The number of aliphatic hydroxyl groups is 1. The molecule has 0 heterocycles. The van der Waals surface area contributed by atoms with Crippen molar-refractivity contribution in [1.82, 2.24) is 0 Å². The van der Waals surface area contributed by atoms with Crippen LogP contribution in [0.3, 0.4) is 0 Å². The van der Waals surface area contributed by atoms with Gasteiger partial charge in [-0.25, -0.2) is 0 Å². The maximum atomic E-state index is 12.2. The lowest BCUT2D eigenvalue weighted by Crippen LogP contribution is -2.26. The zero-order chi connectivity index (χ0) is 17.0. The number of hydrogen-bond donors (Lipinski definition) is 1. The van der Waals surface area contributed by atoms with Gasteiger partial charge < -0.3 is 5.11 Å². The maximum Gasteiger partial charge on any atom is 0.536 e. The topological polar surface area (TPSA) is 76.0 Å². The van der Waals surface area contributed by atoms with Crippen LogP contribution in [-0.2, 0) is 14.4 Å². The van der Waals surface area contributed by atoms with Gasteiger partial charge in [0.1, 0.15) is 0 Å². The van der Waals surface area contributed by atoms with Gasteiger partial charge in [-0.15, -0.1) is 6.58 Å². The summed E-state index contributed by atoms with van der Waals surface area (Å²) in [4.78, 5) is 0. The van der Waals surface area contributed by atoms with Gasteiger partial charge in [-0.3, -0.25) is 4.28 Å². The second-order valence-corrected chi connectivity index (χ2v) is 5.84. The highest BCUT2D eigenvalue weighted by molar-refractivity contribution is 7.87. The predicted molar refractivity (Wildman–Crippen MR) is 74.6 cm³/mol. The van der Waals surface area contributed by atoms with E-state index >= 15 is 0 Å². The normalized spacial score (nSPS) is 16.0. The fourth-order valence-electron chi connectivity index (χ4n) is 1.69. The van der Waals surface area contributed by atoms with Crippen molar-refractivity contribution in [2.75, 3.05) is 0 Å². The molecule has 2 unspecified atom stereocenters. The molecule has 0 bridgehead atoms. The molecule has 122 valence electrons. The molecule has 0 aliphatic rings. The molecule has 0 fully saturated rings. The van der Waals surface area contributed by atoms with Crippen molar-refractivity contribution in [2.24, 2.45) is 5.16 Å². The Morgan fingerprint density at radius 2 is 1.91 bits per heavy atom. The van der Waals surface area contributed by atoms with Crippen LogP contribution in [0.25, 0.3) is 0 Å². The summed E-state index contributed by atoms with van der Waals surface area (Å²) in [6.45, 7) is 4.64. The predicted octanol–water partition coefficient (Wildman–Crippen LogP) is 2.56. The van der Waals surface area contributed by atoms with Crippen LogP contribution in [0.4, 0.5) is 13.2 Å². The van der Waals surface area contributed by atoms with E-state index in [1.807, 2.05) is 0 Å². The van der Waals surface area contributed by atoms with Crippen LogP contribution in [0, 0.1) is 0 Å². The summed E-state index contributed by atoms with van der Waals surface area (Å²) in [6.07, 6.45) is -0.0158. The third kappa shape index (κ3) is 4.31. The Labute approximate surface area is 125 Å². The largest absolute Gasteiger partial charge is 0.536 e. The Morgan fingerprint density at radius 1 is 1.36 bits per heavy atom. The van der Waals surface area contributed by atoms with Crippen LogP contribution in [-0.4, -0.2) is 30.8 Å². The lowest BCUT2D eigenvalue weighted by Gasteiger charge is -2.20. The van der Waals surface area contributed by atoms with E-state index in [2.05, 4.69) is 16.0 Å². The van der Waals surface area contributed by atoms with Crippen LogP contribution in [0.1, 0.15) is 18.4 Å². The lowest BCUT2D eigenvalue weighted by atomic mass is 9.89. The van der Waals surface area contributed by atoms with Crippen molar-refractivity contribution in [2.45, 2.75) is 24.5 Å². The smallest absolute Gasteiger partial charge is 0.388 e. The van der Waals surface area contributed by atoms with E-state index in [0.29, 0.717) is 5.56 Å². The number of oxime groups is 1. The van der Waals surface area contributed by atoms with Gasteiger partial charge in [-0.2, -0.15) is 21.6 Å². The molecule has 0 spiro atoms. The molecule has 0 aromatic heterocycles. The molecule has 0 saturated heterocycles. The van der Waals surface area contributed by atoms with Crippen molar-refractivity contribution < 1.29 is 31.0 Å². The molecule has 1 aromatic carbocycles. The summed E-state index contributed by atoms with van der Waals surface area (Å²) in [7, 11) is -5.84. The van der Waals surface area contributed by atoms with E-state index in [9.17, 15) is 26.7 Å². The first-order valence-corrected chi connectivity index (χ1v) is 7.41. The fourth-order valence-corrected chi connectivity index (χ4v) is 1.99. The molecule has 0 aliphatic carbocycles. The highest BCUT2D eigenvalue weighted by Crippen LogP contribution is 2.26. The summed E-state index contributed by atoms with van der Waals surface area (Å²) in [5, 5.41) is 12.9. The number of alkyl halides is 3. The summed E-state index contributed by atoms with van der Waals surface area (Å²) < 4.78 is 61.8. The zero-order valence-corrected chi connectivity index (χ0v) is 12.3. The Kier molecular flexibility index (Phi) is 5.72. The number of aliphatic hydroxyl groups excluding tert-OH is 1. The minimum atomic E-state index is -5.84. The highest BCUT2D eigenvalue weighted by atomic mass is 32.2. The minimum absolute atomic E-state index is 0.147. The van der Waals surface area contributed by atoms with Gasteiger partial charge in [0.15, 0.2) is 0 Å². The van der Waals surface area contributed by atoms with E-state index in [0.717, 1.165) is 6.08 Å². The van der Waals surface area contributed by atoms with Gasteiger partial charge in [-0.1, -0.05) is 41.6 Å². The summed E-state index contributed by atoms with van der Waals surface area (Å²) in [6, 6.07) is 8.22. The van der Waals surface area contributed by atoms with Crippen LogP contribution in [0.2, 0.25) is 0 Å². The van der Waals surface area contributed by atoms with E-state index in [4.69, 9.17) is 0 Å². The fraction of sp³-hybridized carbons (Fsp3) is 0.308. The highest BCUT2D eigenvalue weighted by Gasteiger charge is 2.49. The maximum absolute atomic E-state index is 12.2. The molecular formula is C13H14F3NO4S. The molecule has 0 radical (unpaired) electrons. The third-order valence-electron chi connectivity index (χ3n) is 2.75. The Balaban J connectivity index is 3.11. The van der Waals surface area contributed by atoms with Crippen molar-refractivity contribution in [1.29, 1.82) is 0 Å². The Morgan fingerprint density at radius 3 is 2.36 bits per heavy atom. The van der Waals surface area contributed by atoms with Crippen LogP contribution < -0.4 is 0 Å². The lowest BCUT2D eigenvalue weighted by molar-refractivity contribution is -0.0541. The van der Waals surface area contributed by atoms with Crippen molar-refractivity contribution >= 4 is 15.8 Å². The number of halogens is 3. The van der Waals surface area contributed by atoms with E-state index in [-0.39, 0.29) is 5.71 Å². The summed E-state index contributed by atoms with van der Waals surface area (Å²) in [5.74, 6) is -0.887. The van der Waals surface area contributed by atoms with Crippen molar-refractivity contribution in [3.05, 3.63) is 48.6 Å². The van der Waals surface area contributed by atoms with Crippen LogP contribution in [0.5, 0.6) is 0 Å². The van der Waals surface area contributed by atoms with E-state index < -0.39 is 27.6 Å². The van der Waals surface area contributed by atoms with Gasteiger partial charge in [0, 0.05) is 0 Å². The average Bonchev–Trinajstić information content (AvgIpc) is 2.45. The third-order valence-corrected chi connectivity index (χ3v) is 3.59. The molecule has 0 saturated carbocycles. The monoisotopic (exact) mass is 337 g/mol. The van der Waals surface area contributed by atoms with Crippen molar-refractivity contribution in [3.8, 4) is 0 Å². The number of rotatable bonds is 6. The molecule has 2 atom stereocenters. The first-order valence-electron chi connectivity index (χ1n) is 6.00. The van der Waals surface area contributed by atoms with Gasteiger partial charge in [0.25, 0.3) is 0 Å². The van der Waals surface area contributed by atoms with Gasteiger partial charge in [0.05, 0.1) is 17.7 Å². The Hall–Kier alpha value is -1.87. The molecule has 0 aliphatic heterocycles. The zero-order valence-electron chi connectivity index (χ0n) is 11.5. The SMILES string of the molecule is C=CC(O)C(C(C)=NOS(=O)(=O)C(F)(F)F)c1ccccc1. The second-order valence-electron chi connectivity index (χ2n) is 4.32. The Bertz CT molecular complexity index is 641. The second kappa shape index (κ2) is 6.93. The minimum Gasteiger partial charge on any atom is -0.388 e. The summed E-state index contributed by atoms with van der Waals surface area (Å²) >= 11 is 0. The van der Waals surface area contributed by atoms with Gasteiger partial charge in [-0.05, 0) is 12.5 Å². The molecule has 9 heteroatoms. The molecular weight excluding hydrogens is 323 g/mol. The van der Waals surface area contributed by atoms with E-state index in [1.165, 1.54) is 6.92 Å². The molecule has 5 nitrogen and oxygen atoms in total. The van der Waals surface area contributed by atoms with Gasteiger partial charge >= 0.3 is 15.6 Å². The van der Waals surface area contributed by atoms with Gasteiger partial charge in [0.2, 0.25) is 0 Å². The van der Waals surface area contributed by atoms with Crippen LogP contribution >= 0.6 is 0 Å². The van der Waals surface area contributed by atoms with Crippen LogP contribution in [0.15, 0.2) is 48.1 Å². The average molecular weight is 337 g/mol. The number of nitrogens with zero attached hydrogens (tertiary/aromatic N) is 1. The van der Waals surface area contributed by atoms with Crippen molar-refractivity contribution in [3.63, 3.8) is 0 Å². The summed E-state index contributed by atoms with van der Waals surface area (Å²) in [5.41, 5.74) is -5.20. The first kappa shape index (κ1) is 18.2. The molecule has 0 amide bonds.